The first-order valence-electron chi connectivity index (χ1n) is 6.62. The van der Waals surface area contributed by atoms with Gasteiger partial charge in [0.25, 0.3) is 0 Å². The van der Waals surface area contributed by atoms with Crippen molar-refractivity contribution in [2.24, 2.45) is 0 Å². The van der Waals surface area contributed by atoms with E-state index >= 15 is 0 Å². The van der Waals surface area contributed by atoms with Gasteiger partial charge in [0.1, 0.15) is 0 Å². The lowest BCUT2D eigenvalue weighted by molar-refractivity contribution is -0.132. The summed E-state index contributed by atoms with van der Waals surface area (Å²) in [6, 6.07) is 10.3. The first-order chi connectivity index (χ1) is 8.72. The zero-order valence-corrected chi connectivity index (χ0v) is 12.8. The van der Waals surface area contributed by atoms with Crippen LogP contribution in [-0.2, 0) is 11.2 Å². The highest BCUT2D eigenvalue weighted by molar-refractivity contribution is 9.09. The van der Waals surface area contributed by atoms with Gasteiger partial charge in [0.2, 0.25) is 5.91 Å². The van der Waals surface area contributed by atoms with E-state index in [-0.39, 0.29) is 5.91 Å². The number of carbonyl (C=O) groups excluding carboxylic acids is 1. The van der Waals surface area contributed by atoms with Gasteiger partial charge in [-0.15, -0.1) is 0 Å². The Morgan fingerprint density at radius 3 is 2.33 bits per heavy atom. The van der Waals surface area contributed by atoms with E-state index in [2.05, 4.69) is 29.8 Å². The van der Waals surface area contributed by atoms with Crippen molar-refractivity contribution in [2.45, 2.75) is 39.2 Å². The topological polar surface area (TPSA) is 20.3 Å². The Hall–Kier alpha value is -0.830. The zero-order chi connectivity index (χ0) is 13.4. The minimum atomic E-state index is 0.231. The van der Waals surface area contributed by atoms with Crippen LogP contribution >= 0.6 is 15.9 Å². The number of amides is 1. The lowest BCUT2D eigenvalue weighted by Crippen LogP contribution is -2.41. The summed E-state index contributed by atoms with van der Waals surface area (Å²) in [7, 11) is 0. The van der Waals surface area contributed by atoms with Crippen LogP contribution in [0.3, 0.4) is 0 Å². The van der Waals surface area contributed by atoms with E-state index in [1.54, 1.807) is 0 Å². The number of rotatable bonds is 7. The Morgan fingerprint density at radius 2 is 1.83 bits per heavy atom. The normalized spacial score (nSPS) is 10.7. The number of hydrogen-bond acceptors (Lipinski definition) is 1. The number of hydrogen-bond donors (Lipinski definition) is 0. The molecule has 0 saturated carbocycles. The van der Waals surface area contributed by atoms with Crippen LogP contribution in [-0.4, -0.2) is 28.7 Å². The third kappa shape index (κ3) is 4.45. The fourth-order valence-electron chi connectivity index (χ4n) is 2.20. The zero-order valence-electron chi connectivity index (χ0n) is 11.2. The predicted octanol–water partition coefficient (Wildman–Crippen LogP) is 3.64. The molecule has 0 aliphatic rings. The smallest absolute Gasteiger partial charge is 0.227 e. The SMILES string of the molecule is CCC(CC)N(CCBr)C(=O)Cc1ccccc1. The first kappa shape index (κ1) is 15.2. The molecule has 0 heterocycles. The number of carbonyl (C=O) groups is 1. The molecule has 0 unspecified atom stereocenters. The molecule has 0 spiro atoms. The Labute approximate surface area is 119 Å². The average Bonchev–Trinajstić information content (AvgIpc) is 2.40. The fourth-order valence-corrected chi connectivity index (χ4v) is 2.59. The van der Waals surface area contributed by atoms with Crippen molar-refractivity contribution in [1.29, 1.82) is 0 Å². The van der Waals surface area contributed by atoms with Gasteiger partial charge >= 0.3 is 0 Å². The van der Waals surface area contributed by atoms with Gasteiger partial charge in [-0.2, -0.15) is 0 Å². The van der Waals surface area contributed by atoms with E-state index in [4.69, 9.17) is 0 Å². The second-order valence-corrected chi connectivity index (χ2v) is 5.20. The standard InChI is InChI=1S/C15H22BrNO/c1-3-14(4-2)17(11-10-16)15(18)12-13-8-6-5-7-9-13/h5-9,14H,3-4,10-12H2,1-2H3. The molecule has 2 nitrogen and oxygen atoms in total. The van der Waals surface area contributed by atoms with Gasteiger partial charge in [0, 0.05) is 17.9 Å². The number of nitrogens with zero attached hydrogens (tertiary/aromatic N) is 1. The average molecular weight is 312 g/mol. The fraction of sp³-hybridized carbons (Fsp3) is 0.533. The van der Waals surface area contributed by atoms with E-state index < -0.39 is 0 Å². The Balaban J connectivity index is 2.70. The highest BCUT2D eigenvalue weighted by Crippen LogP contribution is 2.12. The molecule has 1 aromatic rings. The summed E-state index contributed by atoms with van der Waals surface area (Å²) in [4.78, 5) is 14.4. The summed E-state index contributed by atoms with van der Waals surface area (Å²) in [5.74, 6) is 0.231. The van der Waals surface area contributed by atoms with Gasteiger partial charge in [-0.25, -0.2) is 0 Å². The molecular weight excluding hydrogens is 290 g/mol. The Morgan fingerprint density at radius 1 is 1.22 bits per heavy atom. The number of halogens is 1. The monoisotopic (exact) mass is 311 g/mol. The van der Waals surface area contributed by atoms with Crippen molar-refractivity contribution in [1.82, 2.24) is 4.90 Å². The predicted molar refractivity (Wildman–Crippen MR) is 80.0 cm³/mol. The van der Waals surface area contributed by atoms with Crippen molar-refractivity contribution >= 4 is 21.8 Å². The molecule has 3 heteroatoms. The molecule has 100 valence electrons. The molecule has 0 aliphatic heterocycles. The van der Waals surface area contributed by atoms with E-state index in [1.807, 2.05) is 35.2 Å². The highest BCUT2D eigenvalue weighted by Gasteiger charge is 2.20. The van der Waals surface area contributed by atoms with E-state index in [1.165, 1.54) is 0 Å². The Kier molecular flexibility index (Phi) is 7.02. The maximum absolute atomic E-state index is 12.4. The van der Waals surface area contributed by atoms with E-state index in [0.717, 1.165) is 30.3 Å². The highest BCUT2D eigenvalue weighted by atomic mass is 79.9. The van der Waals surface area contributed by atoms with Gasteiger partial charge in [0.15, 0.2) is 0 Å². The van der Waals surface area contributed by atoms with Gasteiger partial charge < -0.3 is 4.90 Å². The third-order valence-corrected chi connectivity index (χ3v) is 3.58. The molecule has 0 bridgehead atoms. The minimum Gasteiger partial charge on any atom is -0.339 e. The lowest BCUT2D eigenvalue weighted by Gasteiger charge is -2.30. The van der Waals surface area contributed by atoms with Crippen LogP contribution in [0.1, 0.15) is 32.3 Å². The molecule has 0 fully saturated rings. The molecule has 1 amide bonds. The molecule has 1 aromatic carbocycles. The minimum absolute atomic E-state index is 0.231. The summed E-state index contributed by atoms with van der Waals surface area (Å²) in [5.41, 5.74) is 1.09. The summed E-state index contributed by atoms with van der Waals surface area (Å²) in [5, 5.41) is 0.837. The van der Waals surface area contributed by atoms with E-state index in [0.29, 0.717) is 12.5 Å². The van der Waals surface area contributed by atoms with Crippen molar-refractivity contribution in [3.63, 3.8) is 0 Å². The largest absolute Gasteiger partial charge is 0.339 e. The van der Waals surface area contributed by atoms with Crippen LogP contribution < -0.4 is 0 Å². The van der Waals surface area contributed by atoms with Crippen molar-refractivity contribution in [2.75, 3.05) is 11.9 Å². The molecule has 0 saturated heterocycles. The second kappa shape index (κ2) is 8.30. The summed E-state index contributed by atoms with van der Waals surface area (Å²) < 4.78 is 0. The van der Waals surface area contributed by atoms with Gasteiger partial charge in [-0.1, -0.05) is 60.1 Å². The molecule has 1 rings (SSSR count). The molecule has 0 atom stereocenters. The number of alkyl halides is 1. The Bertz CT molecular complexity index is 349. The van der Waals surface area contributed by atoms with Crippen molar-refractivity contribution in [3.05, 3.63) is 35.9 Å². The molecule has 0 radical (unpaired) electrons. The van der Waals surface area contributed by atoms with Gasteiger partial charge in [-0.05, 0) is 18.4 Å². The number of benzene rings is 1. The molecular formula is C15H22BrNO. The summed E-state index contributed by atoms with van der Waals surface area (Å²) in [6.07, 6.45) is 2.54. The maximum Gasteiger partial charge on any atom is 0.227 e. The van der Waals surface area contributed by atoms with Crippen LogP contribution in [0.2, 0.25) is 0 Å². The molecule has 18 heavy (non-hydrogen) atoms. The van der Waals surface area contributed by atoms with Crippen molar-refractivity contribution < 1.29 is 4.79 Å². The van der Waals surface area contributed by atoms with Crippen LogP contribution in [0.4, 0.5) is 0 Å². The summed E-state index contributed by atoms with van der Waals surface area (Å²) >= 11 is 3.44. The summed E-state index contributed by atoms with van der Waals surface area (Å²) in [6.45, 7) is 5.08. The van der Waals surface area contributed by atoms with Crippen LogP contribution in [0.25, 0.3) is 0 Å². The van der Waals surface area contributed by atoms with Crippen LogP contribution in [0, 0.1) is 0 Å². The van der Waals surface area contributed by atoms with Crippen LogP contribution in [0.5, 0.6) is 0 Å². The van der Waals surface area contributed by atoms with E-state index in [9.17, 15) is 4.79 Å². The second-order valence-electron chi connectivity index (χ2n) is 4.41. The maximum atomic E-state index is 12.4. The molecule has 0 aromatic heterocycles. The third-order valence-electron chi connectivity index (χ3n) is 3.23. The van der Waals surface area contributed by atoms with Crippen LogP contribution in [0.15, 0.2) is 30.3 Å². The quantitative estimate of drug-likeness (QED) is 0.704. The lowest BCUT2D eigenvalue weighted by atomic mass is 10.1. The molecule has 0 aliphatic carbocycles. The van der Waals surface area contributed by atoms with Gasteiger partial charge in [0.05, 0.1) is 6.42 Å². The first-order valence-corrected chi connectivity index (χ1v) is 7.74. The van der Waals surface area contributed by atoms with Gasteiger partial charge in [-0.3, -0.25) is 4.79 Å². The molecule has 0 N–H and O–H groups in total. The van der Waals surface area contributed by atoms with Crippen molar-refractivity contribution in [3.8, 4) is 0 Å².